The third-order valence-electron chi connectivity index (χ3n) is 5.05. The standard InChI is InChI=1S/C27H24N2O2/c30-25(15-14-22-6-4-16-28-19-22)18-21-10-12-23(13-11-21)20-31-26-9-5-17-29-27(26)24-7-2-1-3-8-24/h1-13,16-17,19H,14-15,18,20H2. The number of Topliss-reactive ketones (excluding diaryl/α,β-unsaturated/α-hetero) is 1. The van der Waals surface area contributed by atoms with E-state index in [4.69, 9.17) is 4.74 Å². The maximum atomic E-state index is 12.3. The Balaban J connectivity index is 1.32. The Kier molecular flexibility index (Phi) is 6.81. The van der Waals surface area contributed by atoms with Crippen LogP contribution in [0.25, 0.3) is 11.3 Å². The molecule has 0 aliphatic heterocycles. The zero-order valence-electron chi connectivity index (χ0n) is 17.3. The summed E-state index contributed by atoms with van der Waals surface area (Å²) in [6, 6.07) is 25.8. The fourth-order valence-electron chi connectivity index (χ4n) is 3.38. The van der Waals surface area contributed by atoms with Gasteiger partial charge in [0.05, 0.1) is 0 Å². The minimum Gasteiger partial charge on any atom is -0.487 e. The number of ketones is 1. The molecule has 2 heterocycles. The monoisotopic (exact) mass is 408 g/mol. The van der Waals surface area contributed by atoms with Crippen molar-refractivity contribution in [2.75, 3.05) is 0 Å². The highest BCUT2D eigenvalue weighted by molar-refractivity contribution is 5.81. The number of aryl methyl sites for hydroxylation is 1. The summed E-state index contributed by atoms with van der Waals surface area (Å²) in [5.41, 5.74) is 5.02. The van der Waals surface area contributed by atoms with Crippen molar-refractivity contribution in [1.29, 1.82) is 0 Å². The Morgan fingerprint density at radius 3 is 2.32 bits per heavy atom. The number of hydrogen-bond acceptors (Lipinski definition) is 4. The van der Waals surface area contributed by atoms with Gasteiger partial charge >= 0.3 is 0 Å². The molecule has 4 rings (SSSR count). The SMILES string of the molecule is O=C(CCc1cccnc1)Cc1ccc(COc2cccnc2-c2ccccc2)cc1. The highest BCUT2D eigenvalue weighted by Crippen LogP contribution is 2.27. The van der Waals surface area contributed by atoms with E-state index in [9.17, 15) is 4.79 Å². The molecular weight excluding hydrogens is 384 g/mol. The van der Waals surface area contributed by atoms with Crippen LogP contribution in [-0.4, -0.2) is 15.8 Å². The molecule has 0 atom stereocenters. The lowest BCUT2D eigenvalue weighted by Crippen LogP contribution is -2.05. The molecule has 2 aromatic carbocycles. The van der Waals surface area contributed by atoms with Gasteiger partial charge in [-0.15, -0.1) is 0 Å². The van der Waals surface area contributed by atoms with Crippen LogP contribution < -0.4 is 4.74 Å². The average Bonchev–Trinajstić information content (AvgIpc) is 2.84. The highest BCUT2D eigenvalue weighted by Gasteiger charge is 2.08. The van der Waals surface area contributed by atoms with Gasteiger partial charge in [-0.3, -0.25) is 14.8 Å². The van der Waals surface area contributed by atoms with Gasteiger partial charge in [0.2, 0.25) is 0 Å². The quantitative estimate of drug-likeness (QED) is 0.369. The first-order valence-corrected chi connectivity index (χ1v) is 10.4. The minimum absolute atomic E-state index is 0.232. The van der Waals surface area contributed by atoms with Crippen molar-refractivity contribution in [2.24, 2.45) is 0 Å². The number of benzene rings is 2. The van der Waals surface area contributed by atoms with Crippen LogP contribution in [0.4, 0.5) is 0 Å². The first-order chi connectivity index (χ1) is 15.3. The van der Waals surface area contributed by atoms with Crippen LogP contribution in [-0.2, 0) is 24.2 Å². The molecule has 0 bridgehead atoms. The highest BCUT2D eigenvalue weighted by atomic mass is 16.5. The lowest BCUT2D eigenvalue weighted by molar-refractivity contribution is -0.118. The Morgan fingerprint density at radius 1 is 0.774 bits per heavy atom. The van der Waals surface area contributed by atoms with E-state index < -0.39 is 0 Å². The van der Waals surface area contributed by atoms with E-state index in [1.165, 1.54) is 0 Å². The van der Waals surface area contributed by atoms with Crippen LogP contribution >= 0.6 is 0 Å². The molecule has 2 aromatic heterocycles. The van der Waals surface area contributed by atoms with Gasteiger partial charge in [-0.05, 0) is 41.3 Å². The van der Waals surface area contributed by atoms with E-state index in [0.29, 0.717) is 19.4 Å². The molecule has 0 aliphatic carbocycles. The molecule has 0 spiro atoms. The maximum Gasteiger partial charge on any atom is 0.146 e. The van der Waals surface area contributed by atoms with Gasteiger partial charge in [0.25, 0.3) is 0 Å². The summed E-state index contributed by atoms with van der Waals surface area (Å²) in [6.45, 7) is 0.445. The van der Waals surface area contributed by atoms with Crippen LogP contribution in [0.2, 0.25) is 0 Å². The van der Waals surface area contributed by atoms with E-state index >= 15 is 0 Å². The van der Waals surface area contributed by atoms with Gasteiger partial charge in [-0.1, -0.05) is 60.7 Å². The Bertz CT molecular complexity index is 1110. The van der Waals surface area contributed by atoms with Gasteiger partial charge in [-0.25, -0.2) is 0 Å². The predicted molar refractivity (Wildman–Crippen MR) is 122 cm³/mol. The third-order valence-corrected chi connectivity index (χ3v) is 5.05. The molecule has 4 aromatic rings. The van der Waals surface area contributed by atoms with E-state index in [1.54, 1.807) is 12.4 Å². The maximum absolute atomic E-state index is 12.3. The van der Waals surface area contributed by atoms with Gasteiger partial charge in [0.1, 0.15) is 23.8 Å². The van der Waals surface area contributed by atoms with Crippen molar-refractivity contribution >= 4 is 5.78 Å². The molecule has 0 unspecified atom stereocenters. The van der Waals surface area contributed by atoms with Crippen LogP contribution in [0.3, 0.4) is 0 Å². The van der Waals surface area contributed by atoms with Crippen LogP contribution in [0.15, 0.2) is 97.5 Å². The van der Waals surface area contributed by atoms with Crippen molar-refractivity contribution < 1.29 is 9.53 Å². The third kappa shape index (κ3) is 5.86. The first kappa shape index (κ1) is 20.5. The van der Waals surface area contributed by atoms with E-state index in [1.807, 2.05) is 85.1 Å². The largest absolute Gasteiger partial charge is 0.487 e. The van der Waals surface area contributed by atoms with E-state index in [-0.39, 0.29) is 5.78 Å². The first-order valence-electron chi connectivity index (χ1n) is 10.4. The Morgan fingerprint density at radius 2 is 1.55 bits per heavy atom. The number of ether oxygens (including phenoxy) is 1. The molecule has 0 fully saturated rings. The van der Waals surface area contributed by atoms with Crippen molar-refractivity contribution in [3.63, 3.8) is 0 Å². The average molecular weight is 409 g/mol. The van der Waals surface area contributed by atoms with Crippen LogP contribution in [0.1, 0.15) is 23.1 Å². The second-order valence-electron chi connectivity index (χ2n) is 7.40. The summed E-state index contributed by atoms with van der Waals surface area (Å²) < 4.78 is 6.05. The van der Waals surface area contributed by atoms with Crippen molar-refractivity contribution in [1.82, 2.24) is 9.97 Å². The number of rotatable bonds is 9. The summed E-state index contributed by atoms with van der Waals surface area (Å²) in [6.07, 6.45) is 7.03. The number of hydrogen-bond donors (Lipinski definition) is 0. The number of pyridine rings is 2. The summed E-state index contributed by atoms with van der Waals surface area (Å²) >= 11 is 0. The molecule has 0 radical (unpaired) electrons. The van der Waals surface area contributed by atoms with Crippen LogP contribution in [0, 0.1) is 0 Å². The molecule has 0 aliphatic rings. The lowest BCUT2D eigenvalue weighted by atomic mass is 10.0. The van der Waals surface area contributed by atoms with Crippen LogP contribution in [0.5, 0.6) is 5.75 Å². The minimum atomic E-state index is 0.232. The Labute approximate surface area is 182 Å². The van der Waals surface area contributed by atoms with E-state index in [0.717, 1.165) is 40.1 Å². The normalized spacial score (nSPS) is 10.6. The van der Waals surface area contributed by atoms with Gasteiger partial charge in [-0.2, -0.15) is 0 Å². The number of nitrogens with zero attached hydrogens (tertiary/aromatic N) is 2. The Hall–Kier alpha value is -3.79. The fraction of sp³-hybridized carbons (Fsp3) is 0.148. The molecule has 31 heavy (non-hydrogen) atoms. The smallest absolute Gasteiger partial charge is 0.146 e. The molecule has 0 amide bonds. The second-order valence-corrected chi connectivity index (χ2v) is 7.40. The van der Waals surface area contributed by atoms with Crippen molar-refractivity contribution in [3.8, 4) is 17.0 Å². The van der Waals surface area contributed by atoms with Gasteiger partial charge < -0.3 is 4.74 Å². The van der Waals surface area contributed by atoms with Gasteiger partial charge in [0, 0.05) is 37.0 Å². The molecule has 0 saturated heterocycles. The summed E-state index contributed by atoms with van der Waals surface area (Å²) in [5, 5.41) is 0. The molecule has 154 valence electrons. The molecular formula is C27H24N2O2. The molecule has 4 heteroatoms. The molecule has 4 nitrogen and oxygen atoms in total. The molecule has 0 saturated carbocycles. The van der Waals surface area contributed by atoms with Crippen molar-refractivity contribution in [2.45, 2.75) is 25.9 Å². The fourth-order valence-corrected chi connectivity index (χ4v) is 3.38. The number of aromatic nitrogens is 2. The number of carbonyl (C=O) groups excluding carboxylic acids is 1. The predicted octanol–water partition coefficient (Wildman–Crippen LogP) is 5.47. The summed E-state index contributed by atoms with van der Waals surface area (Å²) in [7, 11) is 0. The zero-order chi connectivity index (χ0) is 21.3. The zero-order valence-corrected chi connectivity index (χ0v) is 17.3. The number of carbonyl (C=O) groups is 1. The molecule has 0 N–H and O–H groups in total. The van der Waals surface area contributed by atoms with Gasteiger partial charge in [0.15, 0.2) is 0 Å². The topological polar surface area (TPSA) is 52.1 Å². The summed E-state index contributed by atoms with van der Waals surface area (Å²) in [4.78, 5) is 20.9. The lowest BCUT2D eigenvalue weighted by Gasteiger charge is -2.11. The van der Waals surface area contributed by atoms with E-state index in [2.05, 4.69) is 9.97 Å². The second kappa shape index (κ2) is 10.3. The summed E-state index contributed by atoms with van der Waals surface area (Å²) in [5.74, 6) is 0.985. The van der Waals surface area contributed by atoms with Crippen molar-refractivity contribution in [3.05, 3.63) is 114 Å².